The van der Waals surface area contributed by atoms with Gasteiger partial charge in [-0.15, -0.1) is 6.42 Å². The van der Waals surface area contributed by atoms with Crippen LogP contribution in [0.2, 0.25) is 0 Å². The summed E-state index contributed by atoms with van der Waals surface area (Å²) >= 11 is 0. The molecule has 1 N–H and O–H groups in total. The number of imidazole rings is 1. The van der Waals surface area contributed by atoms with E-state index in [4.69, 9.17) is 11.5 Å². The predicted molar refractivity (Wildman–Crippen MR) is 72.8 cm³/mol. The molecule has 1 heterocycles. The maximum atomic E-state index is 12.1. The first-order valence-corrected chi connectivity index (χ1v) is 5.94. The largest absolute Gasteiger partial charge is 0.480 e. The van der Waals surface area contributed by atoms with E-state index in [1.54, 1.807) is 10.9 Å². The van der Waals surface area contributed by atoms with Gasteiger partial charge < -0.3 is 14.6 Å². The minimum Gasteiger partial charge on any atom is -0.480 e. The third-order valence-electron chi connectivity index (χ3n) is 2.79. The SMILES string of the molecule is C#CCN(CC(=O)O)C(=O)Cn1cnc2ccccc21. The Labute approximate surface area is 115 Å². The van der Waals surface area contributed by atoms with Crippen LogP contribution in [0.1, 0.15) is 0 Å². The Kier molecular flexibility index (Phi) is 4.01. The summed E-state index contributed by atoms with van der Waals surface area (Å²) in [5.41, 5.74) is 1.60. The van der Waals surface area contributed by atoms with Gasteiger partial charge in [-0.3, -0.25) is 9.59 Å². The highest BCUT2D eigenvalue weighted by Gasteiger charge is 2.17. The number of fused-ring (bicyclic) bond motifs is 1. The third kappa shape index (κ3) is 2.95. The van der Waals surface area contributed by atoms with E-state index in [1.165, 1.54) is 0 Å². The molecule has 0 radical (unpaired) electrons. The van der Waals surface area contributed by atoms with Gasteiger partial charge in [-0.05, 0) is 12.1 Å². The fraction of sp³-hybridized carbons (Fsp3) is 0.214. The second-order valence-electron chi connectivity index (χ2n) is 4.21. The van der Waals surface area contributed by atoms with Crippen LogP contribution in [0.3, 0.4) is 0 Å². The van der Waals surface area contributed by atoms with Crippen LogP contribution in [0.4, 0.5) is 0 Å². The Balaban J connectivity index is 2.17. The molecule has 0 bridgehead atoms. The molecular formula is C14H13N3O3. The van der Waals surface area contributed by atoms with E-state index >= 15 is 0 Å². The van der Waals surface area contributed by atoms with E-state index in [1.807, 2.05) is 24.3 Å². The number of amides is 1. The van der Waals surface area contributed by atoms with Crippen LogP contribution in [0.15, 0.2) is 30.6 Å². The fourth-order valence-corrected chi connectivity index (χ4v) is 1.89. The molecule has 1 aromatic carbocycles. The minimum atomic E-state index is -1.09. The first-order valence-electron chi connectivity index (χ1n) is 5.94. The molecule has 102 valence electrons. The van der Waals surface area contributed by atoms with Crippen LogP contribution >= 0.6 is 0 Å². The number of nitrogens with zero attached hydrogens (tertiary/aromatic N) is 3. The first kappa shape index (κ1) is 13.6. The number of rotatable bonds is 5. The molecule has 0 aliphatic carbocycles. The van der Waals surface area contributed by atoms with Crippen LogP contribution < -0.4 is 0 Å². The Morgan fingerprint density at radius 3 is 2.85 bits per heavy atom. The van der Waals surface area contributed by atoms with Crippen LogP contribution in [0.25, 0.3) is 11.0 Å². The average Bonchev–Trinajstić information content (AvgIpc) is 2.81. The molecule has 0 unspecified atom stereocenters. The van der Waals surface area contributed by atoms with Crippen molar-refractivity contribution in [3.05, 3.63) is 30.6 Å². The van der Waals surface area contributed by atoms with E-state index in [0.29, 0.717) is 0 Å². The minimum absolute atomic E-state index is 0.00940. The number of aliphatic carboxylic acids is 1. The van der Waals surface area contributed by atoms with Gasteiger partial charge in [0.15, 0.2) is 0 Å². The molecule has 0 aliphatic rings. The molecule has 0 saturated carbocycles. The highest BCUT2D eigenvalue weighted by Crippen LogP contribution is 2.11. The summed E-state index contributed by atoms with van der Waals surface area (Å²) in [6.07, 6.45) is 6.70. The third-order valence-corrected chi connectivity index (χ3v) is 2.79. The van der Waals surface area contributed by atoms with Gasteiger partial charge in [-0.2, -0.15) is 0 Å². The van der Waals surface area contributed by atoms with Gasteiger partial charge >= 0.3 is 5.97 Å². The standard InChI is InChI=1S/C14H13N3O3/c1-2-7-16(9-14(19)20)13(18)8-17-10-15-11-5-3-4-6-12(11)17/h1,3-6,10H,7-9H2,(H,19,20). The Bertz CT molecular complexity index is 684. The summed E-state index contributed by atoms with van der Waals surface area (Å²) in [7, 11) is 0. The number of carbonyl (C=O) groups is 2. The Morgan fingerprint density at radius 1 is 1.40 bits per heavy atom. The van der Waals surface area contributed by atoms with E-state index in [0.717, 1.165) is 15.9 Å². The van der Waals surface area contributed by atoms with Gasteiger partial charge in [0.05, 0.1) is 23.9 Å². The van der Waals surface area contributed by atoms with Crippen LogP contribution in [0.5, 0.6) is 0 Å². The fourth-order valence-electron chi connectivity index (χ4n) is 1.89. The Hall–Kier alpha value is -2.81. The molecule has 0 fully saturated rings. The molecule has 0 spiro atoms. The van der Waals surface area contributed by atoms with Gasteiger partial charge in [-0.1, -0.05) is 18.1 Å². The number of carboxylic acids is 1. The average molecular weight is 271 g/mol. The lowest BCUT2D eigenvalue weighted by atomic mass is 10.3. The summed E-state index contributed by atoms with van der Waals surface area (Å²) in [6, 6.07) is 7.39. The molecule has 6 nitrogen and oxygen atoms in total. The second-order valence-corrected chi connectivity index (χ2v) is 4.21. The van der Waals surface area contributed by atoms with Crippen LogP contribution in [-0.4, -0.2) is 44.5 Å². The van der Waals surface area contributed by atoms with Crippen LogP contribution in [-0.2, 0) is 16.1 Å². The molecule has 1 amide bonds. The lowest BCUT2D eigenvalue weighted by Crippen LogP contribution is -2.38. The quantitative estimate of drug-likeness (QED) is 0.807. The van der Waals surface area contributed by atoms with Crippen molar-refractivity contribution in [2.75, 3.05) is 13.1 Å². The normalized spacial score (nSPS) is 10.2. The zero-order valence-electron chi connectivity index (χ0n) is 10.7. The molecule has 0 aliphatic heterocycles. The monoisotopic (exact) mass is 271 g/mol. The van der Waals surface area contributed by atoms with Crippen molar-refractivity contribution in [3.8, 4) is 12.3 Å². The molecule has 0 atom stereocenters. The number of para-hydroxylation sites is 2. The van der Waals surface area contributed by atoms with Crippen molar-refractivity contribution in [1.82, 2.24) is 14.5 Å². The first-order chi connectivity index (χ1) is 9.61. The highest BCUT2D eigenvalue weighted by atomic mass is 16.4. The van der Waals surface area contributed by atoms with Crippen LogP contribution in [0, 0.1) is 12.3 Å². The van der Waals surface area contributed by atoms with E-state index in [9.17, 15) is 9.59 Å². The topological polar surface area (TPSA) is 75.4 Å². The molecular weight excluding hydrogens is 258 g/mol. The summed E-state index contributed by atoms with van der Waals surface area (Å²) in [5, 5.41) is 8.78. The van der Waals surface area contributed by atoms with Crippen molar-refractivity contribution >= 4 is 22.9 Å². The second kappa shape index (κ2) is 5.89. The smallest absolute Gasteiger partial charge is 0.323 e. The zero-order valence-corrected chi connectivity index (χ0v) is 10.7. The Morgan fingerprint density at radius 2 is 2.15 bits per heavy atom. The molecule has 2 rings (SSSR count). The summed E-state index contributed by atoms with van der Waals surface area (Å²) in [6.45, 7) is -0.428. The molecule has 0 saturated heterocycles. The summed E-state index contributed by atoms with van der Waals surface area (Å²) in [4.78, 5) is 28.1. The van der Waals surface area contributed by atoms with Crippen molar-refractivity contribution in [2.24, 2.45) is 0 Å². The van der Waals surface area contributed by atoms with Gasteiger partial charge in [0.2, 0.25) is 5.91 Å². The van der Waals surface area contributed by atoms with Gasteiger partial charge in [-0.25, -0.2) is 4.98 Å². The molecule has 6 heteroatoms. The summed E-state index contributed by atoms with van der Waals surface area (Å²) in [5.74, 6) is 0.841. The zero-order chi connectivity index (χ0) is 14.5. The van der Waals surface area contributed by atoms with Gasteiger partial charge in [0.25, 0.3) is 0 Å². The molecule has 1 aromatic heterocycles. The number of hydrogen-bond donors (Lipinski definition) is 1. The highest BCUT2D eigenvalue weighted by molar-refractivity contribution is 5.83. The van der Waals surface area contributed by atoms with Crippen molar-refractivity contribution in [3.63, 3.8) is 0 Å². The number of hydrogen-bond acceptors (Lipinski definition) is 3. The number of carbonyl (C=O) groups excluding carboxylic acids is 1. The maximum Gasteiger partial charge on any atom is 0.323 e. The lowest BCUT2D eigenvalue weighted by molar-refractivity contribution is -0.144. The molecule has 20 heavy (non-hydrogen) atoms. The van der Waals surface area contributed by atoms with Crippen molar-refractivity contribution in [2.45, 2.75) is 6.54 Å². The maximum absolute atomic E-state index is 12.1. The van der Waals surface area contributed by atoms with E-state index in [2.05, 4.69) is 10.9 Å². The van der Waals surface area contributed by atoms with E-state index in [-0.39, 0.29) is 19.0 Å². The number of terminal acetylenes is 1. The van der Waals surface area contributed by atoms with Gasteiger partial charge in [0.1, 0.15) is 13.1 Å². The van der Waals surface area contributed by atoms with Crippen molar-refractivity contribution in [1.29, 1.82) is 0 Å². The molecule has 2 aromatic rings. The number of carboxylic acid groups (broad SMARTS) is 1. The van der Waals surface area contributed by atoms with E-state index < -0.39 is 12.5 Å². The number of aromatic nitrogens is 2. The van der Waals surface area contributed by atoms with Crippen molar-refractivity contribution < 1.29 is 14.7 Å². The van der Waals surface area contributed by atoms with Gasteiger partial charge in [0, 0.05) is 0 Å². The summed E-state index contributed by atoms with van der Waals surface area (Å²) < 4.78 is 1.67. The lowest BCUT2D eigenvalue weighted by Gasteiger charge is -2.18. The number of benzene rings is 1. The predicted octanol–water partition coefficient (Wildman–Crippen LogP) is 0.583.